The third-order valence-electron chi connectivity index (χ3n) is 7.69. The van der Waals surface area contributed by atoms with Crippen molar-refractivity contribution in [2.45, 2.75) is 12.5 Å². The Hall–Kier alpha value is -5.22. The predicted molar refractivity (Wildman–Crippen MR) is 165 cm³/mol. The summed E-state index contributed by atoms with van der Waals surface area (Å²) in [5, 5.41) is 1.76. The molecule has 0 radical (unpaired) electrons. The number of hydrogen-bond donors (Lipinski definition) is 0. The Balaban J connectivity index is 1.55. The van der Waals surface area contributed by atoms with Gasteiger partial charge in [-0.3, -0.25) is 4.79 Å². The minimum absolute atomic E-state index is 0.143. The van der Waals surface area contributed by atoms with Crippen LogP contribution in [0.3, 0.4) is 0 Å². The molecule has 0 fully saturated rings. The second-order valence-corrected chi connectivity index (χ2v) is 10.1. The van der Waals surface area contributed by atoms with Crippen molar-refractivity contribution >= 4 is 22.1 Å². The van der Waals surface area contributed by atoms with Crippen LogP contribution in [0.2, 0.25) is 0 Å². The fourth-order valence-corrected chi connectivity index (χ4v) is 5.89. The SMILES string of the molecule is C=C(C)c1c(OC)ccc2c(C(=O)c3cn(C(c4ccccc4)(c4ccccc4)c4ccccc4)cn3)cccc12. The molecule has 0 bridgehead atoms. The van der Waals surface area contributed by atoms with Crippen molar-refractivity contribution < 1.29 is 9.53 Å². The van der Waals surface area contributed by atoms with Crippen molar-refractivity contribution in [3.05, 3.63) is 174 Å². The highest BCUT2D eigenvalue weighted by atomic mass is 16.5. The summed E-state index contributed by atoms with van der Waals surface area (Å²) in [5.74, 6) is 0.590. The number of carbonyl (C=O) groups excluding carboxylic acids is 1. The highest BCUT2D eigenvalue weighted by Gasteiger charge is 2.38. The Morgan fingerprint density at radius 2 is 1.29 bits per heavy atom. The maximum atomic E-state index is 14.1. The lowest BCUT2D eigenvalue weighted by atomic mass is 9.77. The third kappa shape index (κ3) is 4.34. The van der Waals surface area contributed by atoms with E-state index in [4.69, 9.17) is 9.72 Å². The Kier molecular flexibility index (Phi) is 6.82. The third-order valence-corrected chi connectivity index (χ3v) is 7.69. The molecule has 6 rings (SSSR count). The molecule has 0 aliphatic carbocycles. The zero-order chi connectivity index (χ0) is 28.4. The van der Waals surface area contributed by atoms with Gasteiger partial charge in [-0.15, -0.1) is 0 Å². The Bertz CT molecular complexity index is 1760. The molecule has 0 saturated carbocycles. The van der Waals surface area contributed by atoms with Gasteiger partial charge in [0, 0.05) is 17.3 Å². The fourth-order valence-electron chi connectivity index (χ4n) is 5.89. The summed E-state index contributed by atoms with van der Waals surface area (Å²) in [6.45, 7) is 6.10. The first-order chi connectivity index (χ1) is 20.1. The van der Waals surface area contributed by atoms with Gasteiger partial charge in [0.15, 0.2) is 0 Å². The number of benzene rings is 5. The molecule has 1 heterocycles. The van der Waals surface area contributed by atoms with Crippen LogP contribution in [0, 0.1) is 0 Å². The first kappa shape index (κ1) is 26.0. The molecule has 41 heavy (non-hydrogen) atoms. The second-order valence-electron chi connectivity index (χ2n) is 10.1. The highest BCUT2D eigenvalue weighted by Crippen LogP contribution is 2.41. The molecule has 0 atom stereocenters. The first-order valence-corrected chi connectivity index (χ1v) is 13.6. The van der Waals surface area contributed by atoms with Gasteiger partial charge in [0.2, 0.25) is 5.78 Å². The molecule has 0 unspecified atom stereocenters. The lowest BCUT2D eigenvalue weighted by molar-refractivity contribution is 0.103. The monoisotopic (exact) mass is 534 g/mol. The summed E-state index contributed by atoms with van der Waals surface area (Å²) in [4.78, 5) is 18.8. The van der Waals surface area contributed by atoms with Crippen LogP contribution in [-0.4, -0.2) is 22.4 Å². The molecular formula is C37H30N2O2. The summed E-state index contributed by atoms with van der Waals surface area (Å²) in [6, 6.07) is 40.7. The molecule has 0 aliphatic heterocycles. The number of fused-ring (bicyclic) bond motifs is 1. The standard InChI is InChI=1S/C37H30N2O2/c1-26(2)35-31-20-13-21-32(30(31)22-23-34(35)41-3)36(40)33-24-39(25-38-33)37(27-14-7-4-8-15-27,28-16-9-5-10-17-28)29-18-11-6-12-19-29/h4-25H,1H2,2-3H3. The maximum absolute atomic E-state index is 14.1. The number of carbonyl (C=O) groups is 1. The highest BCUT2D eigenvalue weighted by molar-refractivity contribution is 6.16. The molecule has 5 aromatic carbocycles. The maximum Gasteiger partial charge on any atom is 0.213 e. The van der Waals surface area contributed by atoms with Crippen LogP contribution in [-0.2, 0) is 5.54 Å². The summed E-state index contributed by atoms with van der Waals surface area (Å²) in [7, 11) is 1.65. The van der Waals surface area contributed by atoms with Crippen molar-refractivity contribution in [1.82, 2.24) is 9.55 Å². The van der Waals surface area contributed by atoms with Crippen LogP contribution in [0.15, 0.2) is 140 Å². The summed E-state index contributed by atoms with van der Waals surface area (Å²) >= 11 is 0. The number of methoxy groups -OCH3 is 1. The van der Waals surface area contributed by atoms with Gasteiger partial charge in [-0.25, -0.2) is 4.98 Å². The van der Waals surface area contributed by atoms with Gasteiger partial charge in [0.1, 0.15) is 17.0 Å². The van der Waals surface area contributed by atoms with Crippen molar-refractivity contribution in [2.24, 2.45) is 0 Å². The number of hydrogen-bond acceptors (Lipinski definition) is 3. The largest absolute Gasteiger partial charge is 0.496 e. The fraction of sp³-hybridized carbons (Fsp3) is 0.0811. The van der Waals surface area contributed by atoms with Crippen LogP contribution < -0.4 is 4.74 Å². The average molecular weight is 535 g/mol. The van der Waals surface area contributed by atoms with Gasteiger partial charge in [0.05, 0.1) is 13.4 Å². The van der Waals surface area contributed by atoms with Crippen LogP contribution >= 0.6 is 0 Å². The van der Waals surface area contributed by atoms with Crippen molar-refractivity contribution in [2.75, 3.05) is 7.11 Å². The molecule has 6 aromatic rings. The number of nitrogens with zero attached hydrogens (tertiary/aromatic N) is 2. The molecule has 0 saturated heterocycles. The molecule has 0 spiro atoms. The Labute approximate surface area is 240 Å². The molecule has 0 aliphatic rings. The van der Waals surface area contributed by atoms with Crippen molar-refractivity contribution in [1.29, 1.82) is 0 Å². The van der Waals surface area contributed by atoms with E-state index in [2.05, 4.69) is 47.5 Å². The van der Waals surface area contributed by atoms with Crippen LogP contribution in [0.1, 0.15) is 45.2 Å². The number of allylic oxidation sites excluding steroid dienone is 1. The number of imidazole rings is 1. The van der Waals surface area contributed by atoms with Gasteiger partial charge in [-0.1, -0.05) is 116 Å². The zero-order valence-electron chi connectivity index (χ0n) is 23.1. The van der Waals surface area contributed by atoms with E-state index < -0.39 is 5.54 Å². The lowest BCUT2D eigenvalue weighted by Gasteiger charge is -2.37. The smallest absolute Gasteiger partial charge is 0.213 e. The lowest BCUT2D eigenvalue weighted by Crippen LogP contribution is -2.37. The Morgan fingerprint density at radius 1 is 0.732 bits per heavy atom. The zero-order valence-corrected chi connectivity index (χ0v) is 23.1. The van der Waals surface area contributed by atoms with E-state index in [-0.39, 0.29) is 5.78 Å². The molecule has 0 N–H and O–H groups in total. The number of ketones is 1. The Morgan fingerprint density at radius 3 is 1.80 bits per heavy atom. The van der Waals surface area contributed by atoms with E-state index in [1.807, 2.05) is 98.0 Å². The normalized spacial score (nSPS) is 11.4. The number of aromatic nitrogens is 2. The van der Waals surface area contributed by atoms with Gasteiger partial charge in [-0.2, -0.15) is 0 Å². The minimum atomic E-state index is -0.742. The van der Waals surface area contributed by atoms with E-state index in [0.717, 1.165) is 44.3 Å². The molecule has 4 heteroatoms. The van der Waals surface area contributed by atoms with Gasteiger partial charge in [-0.05, 0) is 52.1 Å². The molecule has 200 valence electrons. The summed E-state index contributed by atoms with van der Waals surface area (Å²) in [6.07, 6.45) is 3.64. The van der Waals surface area contributed by atoms with Crippen LogP contribution in [0.5, 0.6) is 5.75 Å². The molecule has 4 nitrogen and oxygen atoms in total. The van der Waals surface area contributed by atoms with Gasteiger partial charge in [0.25, 0.3) is 0 Å². The van der Waals surface area contributed by atoms with E-state index in [1.165, 1.54) is 0 Å². The molecule has 0 amide bonds. The second kappa shape index (κ2) is 10.7. The van der Waals surface area contributed by atoms with Crippen molar-refractivity contribution in [3.63, 3.8) is 0 Å². The van der Waals surface area contributed by atoms with E-state index in [9.17, 15) is 4.79 Å². The number of ether oxygens (including phenoxy) is 1. The van der Waals surface area contributed by atoms with Gasteiger partial charge < -0.3 is 9.30 Å². The summed E-state index contributed by atoms with van der Waals surface area (Å²) in [5.41, 5.74) is 5.20. The summed E-state index contributed by atoms with van der Waals surface area (Å²) < 4.78 is 7.67. The average Bonchev–Trinajstić information content (AvgIpc) is 3.52. The quantitative estimate of drug-likeness (QED) is 0.146. The first-order valence-electron chi connectivity index (χ1n) is 13.6. The van der Waals surface area contributed by atoms with E-state index in [0.29, 0.717) is 11.3 Å². The number of rotatable bonds is 8. The molecule has 1 aromatic heterocycles. The van der Waals surface area contributed by atoms with Crippen LogP contribution in [0.4, 0.5) is 0 Å². The topological polar surface area (TPSA) is 44.1 Å². The van der Waals surface area contributed by atoms with Crippen LogP contribution in [0.25, 0.3) is 16.3 Å². The molecular weight excluding hydrogens is 504 g/mol. The van der Waals surface area contributed by atoms with Crippen molar-refractivity contribution in [3.8, 4) is 5.75 Å². The van der Waals surface area contributed by atoms with E-state index in [1.54, 1.807) is 13.4 Å². The van der Waals surface area contributed by atoms with Gasteiger partial charge >= 0.3 is 0 Å². The van der Waals surface area contributed by atoms with E-state index >= 15 is 0 Å². The predicted octanol–water partition coefficient (Wildman–Crippen LogP) is 8.15. The minimum Gasteiger partial charge on any atom is -0.496 e.